The van der Waals surface area contributed by atoms with Gasteiger partial charge in [0.1, 0.15) is 5.82 Å². The number of piperidine rings is 2. The van der Waals surface area contributed by atoms with E-state index < -0.39 is 0 Å². The minimum atomic E-state index is 0.0487. The maximum atomic E-state index is 12.6. The topological polar surface area (TPSA) is 48.5 Å². The monoisotopic (exact) mass is 378 g/mol. The van der Waals surface area contributed by atoms with Gasteiger partial charge in [-0.2, -0.15) is 0 Å². The van der Waals surface area contributed by atoms with Crippen LogP contribution in [0.15, 0.2) is 12.3 Å². The van der Waals surface area contributed by atoms with E-state index in [0.717, 1.165) is 51.9 Å². The molecule has 2 fully saturated rings. The summed E-state index contributed by atoms with van der Waals surface area (Å²) in [4.78, 5) is 21.5. The molecule has 3 heterocycles. The predicted octanol–water partition coefficient (Wildman–Crippen LogP) is 3.89. The van der Waals surface area contributed by atoms with Crippen molar-refractivity contribution in [2.24, 2.45) is 5.92 Å². The average molecular weight is 379 g/mol. The van der Waals surface area contributed by atoms with Gasteiger partial charge in [0, 0.05) is 45.0 Å². The molecule has 0 atom stereocenters. The van der Waals surface area contributed by atoms with Crippen molar-refractivity contribution in [3.8, 4) is 0 Å². The van der Waals surface area contributed by atoms with Crippen molar-refractivity contribution < 1.29 is 4.79 Å². The van der Waals surface area contributed by atoms with Crippen LogP contribution in [0.2, 0.25) is 5.02 Å². The number of likely N-dealkylation sites (tertiary alicyclic amines) is 2. The molecule has 0 aromatic carbocycles. The van der Waals surface area contributed by atoms with Gasteiger partial charge in [0.15, 0.2) is 0 Å². The summed E-state index contributed by atoms with van der Waals surface area (Å²) < 4.78 is 0. The van der Waals surface area contributed by atoms with Gasteiger partial charge in [-0.3, -0.25) is 4.79 Å². The molecule has 0 spiro atoms. The van der Waals surface area contributed by atoms with Crippen molar-refractivity contribution in [1.82, 2.24) is 14.8 Å². The van der Waals surface area contributed by atoms with Gasteiger partial charge >= 0.3 is 0 Å². The highest BCUT2D eigenvalue weighted by Gasteiger charge is 2.22. The summed E-state index contributed by atoms with van der Waals surface area (Å²) in [5, 5.41) is 4.01. The lowest BCUT2D eigenvalue weighted by Crippen LogP contribution is -2.40. The molecule has 144 valence electrons. The lowest BCUT2D eigenvalue weighted by molar-refractivity contribution is 0.0724. The maximum Gasteiger partial charge on any atom is 0.255 e. The number of nitrogens with one attached hydrogen (secondary N) is 1. The highest BCUT2D eigenvalue weighted by Crippen LogP contribution is 2.24. The molecular formula is C20H31ClN4O. The molecule has 6 heteroatoms. The van der Waals surface area contributed by atoms with Crippen LogP contribution in [0.4, 0.5) is 5.82 Å². The SMILES string of the molecule is CC(C)CN1CCC(Nc2ncc(C(=O)N3CCCCC3)cc2Cl)CC1. The molecule has 0 bridgehead atoms. The zero-order chi connectivity index (χ0) is 18.5. The van der Waals surface area contributed by atoms with Crippen LogP contribution in [0.3, 0.4) is 0 Å². The van der Waals surface area contributed by atoms with E-state index >= 15 is 0 Å². The van der Waals surface area contributed by atoms with Gasteiger partial charge in [-0.05, 0) is 44.1 Å². The summed E-state index contributed by atoms with van der Waals surface area (Å²) in [6.07, 6.45) is 7.24. The summed E-state index contributed by atoms with van der Waals surface area (Å²) in [6, 6.07) is 2.16. The number of anilines is 1. The predicted molar refractivity (Wildman–Crippen MR) is 107 cm³/mol. The Hall–Kier alpha value is -1.33. The Balaban J connectivity index is 1.55. The van der Waals surface area contributed by atoms with Crippen LogP contribution in [0.25, 0.3) is 0 Å². The highest BCUT2D eigenvalue weighted by atomic mass is 35.5. The molecule has 0 radical (unpaired) electrons. The van der Waals surface area contributed by atoms with Crippen molar-refractivity contribution in [2.45, 2.75) is 52.0 Å². The fraction of sp³-hybridized carbons (Fsp3) is 0.700. The molecule has 0 saturated carbocycles. The van der Waals surface area contributed by atoms with Crippen LogP contribution in [-0.2, 0) is 0 Å². The summed E-state index contributed by atoms with van der Waals surface area (Å²) in [5.74, 6) is 1.46. The molecule has 1 amide bonds. The highest BCUT2D eigenvalue weighted by molar-refractivity contribution is 6.33. The Morgan fingerprint density at radius 2 is 1.92 bits per heavy atom. The van der Waals surface area contributed by atoms with Crippen LogP contribution in [0, 0.1) is 5.92 Å². The van der Waals surface area contributed by atoms with E-state index in [1.807, 2.05) is 4.90 Å². The van der Waals surface area contributed by atoms with Gasteiger partial charge in [0.05, 0.1) is 10.6 Å². The number of rotatable bonds is 5. The van der Waals surface area contributed by atoms with Crippen LogP contribution < -0.4 is 5.32 Å². The number of hydrogen-bond acceptors (Lipinski definition) is 4. The van der Waals surface area contributed by atoms with E-state index in [1.54, 1.807) is 12.3 Å². The van der Waals surface area contributed by atoms with E-state index in [1.165, 1.54) is 13.0 Å². The van der Waals surface area contributed by atoms with Crippen molar-refractivity contribution >= 4 is 23.3 Å². The number of halogens is 1. The fourth-order valence-electron chi connectivity index (χ4n) is 3.91. The van der Waals surface area contributed by atoms with Crippen LogP contribution >= 0.6 is 11.6 Å². The fourth-order valence-corrected chi connectivity index (χ4v) is 4.13. The minimum Gasteiger partial charge on any atom is -0.366 e. The number of pyridine rings is 1. The quantitative estimate of drug-likeness (QED) is 0.844. The third-order valence-corrected chi connectivity index (χ3v) is 5.57. The van der Waals surface area contributed by atoms with E-state index in [9.17, 15) is 4.79 Å². The maximum absolute atomic E-state index is 12.6. The second-order valence-corrected chi connectivity index (χ2v) is 8.43. The van der Waals surface area contributed by atoms with Crippen molar-refractivity contribution in [3.63, 3.8) is 0 Å². The molecule has 26 heavy (non-hydrogen) atoms. The first kappa shape index (κ1) is 19.4. The smallest absolute Gasteiger partial charge is 0.255 e. The lowest BCUT2D eigenvalue weighted by atomic mass is 10.0. The van der Waals surface area contributed by atoms with Crippen molar-refractivity contribution in [2.75, 3.05) is 38.0 Å². The Kier molecular flexibility index (Phi) is 6.76. The Bertz CT molecular complexity index is 608. The molecule has 2 saturated heterocycles. The second-order valence-electron chi connectivity index (χ2n) is 8.02. The number of aromatic nitrogens is 1. The summed E-state index contributed by atoms with van der Waals surface area (Å²) >= 11 is 6.42. The normalized spacial score (nSPS) is 19.8. The van der Waals surface area contributed by atoms with E-state index in [0.29, 0.717) is 28.4 Å². The lowest BCUT2D eigenvalue weighted by Gasteiger charge is -2.33. The van der Waals surface area contributed by atoms with Crippen molar-refractivity contribution in [3.05, 3.63) is 22.8 Å². The van der Waals surface area contributed by atoms with Gasteiger partial charge in [-0.15, -0.1) is 0 Å². The first-order chi connectivity index (χ1) is 12.5. The van der Waals surface area contributed by atoms with Gasteiger partial charge in [0.25, 0.3) is 5.91 Å². The van der Waals surface area contributed by atoms with Crippen LogP contribution in [0.5, 0.6) is 0 Å². The Morgan fingerprint density at radius 3 is 2.54 bits per heavy atom. The molecule has 0 aliphatic carbocycles. The molecule has 2 aliphatic rings. The van der Waals surface area contributed by atoms with Gasteiger partial charge < -0.3 is 15.1 Å². The standard InChI is InChI=1S/C20H31ClN4O/c1-15(2)14-24-10-6-17(7-11-24)23-19-18(21)12-16(13-22-19)20(26)25-8-4-3-5-9-25/h12-13,15,17H,3-11,14H2,1-2H3,(H,22,23). The van der Waals surface area contributed by atoms with Gasteiger partial charge in [0.2, 0.25) is 0 Å². The molecule has 3 rings (SSSR count). The first-order valence-electron chi connectivity index (χ1n) is 9.96. The minimum absolute atomic E-state index is 0.0487. The molecule has 2 aliphatic heterocycles. The molecule has 1 aromatic heterocycles. The summed E-state index contributed by atoms with van der Waals surface area (Å²) in [7, 11) is 0. The van der Waals surface area contributed by atoms with Crippen LogP contribution in [0.1, 0.15) is 56.3 Å². The molecule has 1 aromatic rings. The Morgan fingerprint density at radius 1 is 1.23 bits per heavy atom. The van der Waals surface area contributed by atoms with E-state index in [-0.39, 0.29) is 5.91 Å². The second kappa shape index (κ2) is 9.05. The van der Waals surface area contributed by atoms with Crippen molar-refractivity contribution in [1.29, 1.82) is 0 Å². The largest absolute Gasteiger partial charge is 0.366 e. The van der Waals surface area contributed by atoms with Gasteiger partial charge in [-0.1, -0.05) is 25.4 Å². The third-order valence-electron chi connectivity index (χ3n) is 5.28. The number of nitrogens with zero attached hydrogens (tertiary/aromatic N) is 3. The molecule has 0 unspecified atom stereocenters. The first-order valence-corrected chi connectivity index (χ1v) is 10.3. The summed E-state index contributed by atoms with van der Waals surface area (Å²) in [5.41, 5.74) is 0.592. The number of hydrogen-bond donors (Lipinski definition) is 1. The molecule has 5 nitrogen and oxygen atoms in total. The van der Waals surface area contributed by atoms with E-state index in [4.69, 9.17) is 11.6 Å². The molecule has 1 N–H and O–H groups in total. The third kappa shape index (κ3) is 5.10. The zero-order valence-electron chi connectivity index (χ0n) is 16.0. The Labute approximate surface area is 162 Å². The number of carbonyl (C=O) groups is 1. The molecular weight excluding hydrogens is 348 g/mol. The summed E-state index contributed by atoms with van der Waals surface area (Å²) in [6.45, 7) is 9.59. The van der Waals surface area contributed by atoms with Crippen LogP contribution in [-0.4, -0.2) is 59.5 Å². The number of amides is 1. The number of carbonyl (C=O) groups excluding carboxylic acids is 1. The average Bonchev–Trinajstić information content (AvgIpc) is 2.64. The zero-order valence-corrected chi connectivity index (χ0v) is 16.8. The van der Waals surface area contributed by atoms with Gasteiger partial charge in [-0.25, -0.2) is 4.98 Å². The van der Waals surface area contributed by atoms with E-state index in [2.05, 4.69) is 29.0 Å².